The van der Waals surface area contributed by atoms with Crippen LogP contribution in [0, 0.1) is 5.92 Å². The van der Waals surface area contributed by atoms with Gasteiger partial charge in [0.05, 0.1) is 6.42 Å². The Kier molecular flexibility index (Phi) is 5.26. The first-order valence-electron chi connectivity index (χ1n) is 8.29. The fraction of sp³-hybridized carbons (Fsp3) is 0.667. The van der Waals surface area contributed by atoms with Crippen molar-refractivity contribution in [1.82, 2.24) is 30.3 Å². The summed E-state index contributed by atoms with van der Waals surface area (Å²) < 4.78 is 2.02. The van der Waals surface area contributed by atoms with Gasteiger partial charge in [0, 0.05) is 26.6 Å². The molecule has 0 unspecified atom stereocenters. The molecule has 2 N–H and O–H groups in total. The topological polar surface area (TPSA) is 109 Å². The Morgan fingerprint density at radius 3 is 2.56 bits per heavy atom. The summed E-state index contributed by atoms with van der Waals surface area (Å²) in [6, 6.07) is -1.28. The van der Waals surface area contributed by atoms with E-state index in [1.807, 2.05) is 17.9 Å². The number of thioether (sulfide) groups is 1. The predicted octanol–water partition coefficient (Wildman–Crippen LogP) is -0.0838. The van der Waals surface area contributed by atoms with Crippen LogP contribution in [0.15, 0.2) is 5.16 Å². The second-order valence-corrected chi connectivity index (χ2v) is 7.18. The molecule has 2 aliphatic heterocycles. The van der Waals surface area contributed by atoms with E-state index in [1.54, 1.807) is 16.7 Å². The summed E-state index contributed by atoms with van der Waals surface area (Å²) in [4.78, 5) is 36.8. The van der Waals surface area contributed by atoms with E-state index in [2.05, 4.69) is 20.8 Å². The van der Waals surface area contributed by atoms with Crippen LogP contribution in [0.5, 0.6) is 0 Å². The van der Waals surface area contributed by atoms with Crippen molar-refractivity contribution in [2.24, 2.45) is 13.0 Å². The first-order valence-corrected chi connectivity index (χ1v) is 9.51. The van der Waals surface area contributed by atoms with Gasteiger partial charge in [-0.05, 0) is 25.0 Å². The second kappa shape index (κ2) is 7.42. The number of nitrogens with one attached hydrogen (secondary N) is 2. The zero-order valence-corrected chi connectivity index (χ0v) is 15.1. The number of aromatic nitrogens is 3. The van der Waals surface area contributed by atoms with Gasteiger partial charge in [-0.15, -0.1) is 10.2 Å². The van der Waals surface area contributed by atoms with Gasteiger partial charge in [0.2, 0.25) is 5.91 Å². The molecule has 2 fully saturated rings. The Labute approximate surface area is 149 Å². The highest BCUT2D eigenvalue weighted by Crippen LogP contribution is 2.23. The quantitative estimate of drug-likeness (QED) is 0.557. The summed E-state index contributed by atoms with van der Waals surface area (Å²) in [6.07, 6.45) is 4.65. The third-order valence-electron chi connectivity index (χ3n) is 4.78. The van der Waals surface area contributed by atoms with Crippen molar-refractivity contribution in [3.05, 3.63) is 5.82 Å². The molecule has 0 spiro atoms. The van der Waals surface area contributed by atoms with E-state index in [0.717, 1.165) is 30.2 Å². The molecule has 2 aliphatic rings. The largest absolute Gasteiger partial charge is 0.343 e. The molecule has 0 saturated carbocycles. The van der Waals surface area contributed by atoms with Crippen molar-refractivity contribution in [3.63, 3.8) is 0 Å². The average Bonchev–Trinajstić information content (AvgIpc) is 3.10. The lowest BCUT2D eigenvalue weighted by Gasteiger charge is -2.32. The van der Waals surface area contributed by atoms with E-state index in [9.17, 15) is 14.4 Å². The van der Waals surface area contributed by atoms with Gasteiger partial charge in [0.15, 0.2) is 5.16 Å². The number of hydrogen-bond donors (Lipinski definition) is 2. The minimum atomic E-state index is -0.749. The van der Waals surface area contributed by atoms with Gasteiger partial charge in [-0.1, -0.05) is 11.8 Å². The summed E-state index contributed by atoms with van der Waals surface area (Å²) in [5.74, 6) is 0.917. The van der Waals surface area contributed by atoms with Gasteiger partial charge in [-0.3, -0.25) is 14.9 Å². The Bertz CT molecular complexity index is 683. The number of imide groups is 1. The van der Waals surface area contributed by atoms with Crippen LogP contribution in [-0.4, -0.2) is 62.9 Å². The molecule has 0 aromatic carbocycles. The van der Waals surface area contributed by atoms with Crippen molar-refractivity contribution >= 4 is 29.6 Å². The van der Waals surface area contributed by atoms with Gasteiger partial charge in [-0.2, -0.15) is 0 Å². The van der Waals surface area contributed by atoms with E-state index in [0.29, 0.717) is 19.0 Å². The molecule has 9 nitrogen and oxygen atoms in total. The minimum Gasteiger partial charge on any atom is -0.343 e. The highest BCUT2D eigenvalue weighted by molar-refractivity contribution is 7.98. The zero-order chi connectivity index (χ0) is 18.0. The SMILES string of the molecule is CSc1nnc(CC2CCN(C(=O)C[C@H]3NC(=O)NC3=O)CC2)n1C. The molecule has 3 rings (SSSR count). The van der Waals surface area contributed by atoms with Crippen molar-refractivity contribution in [2.45, 2.75) is 36.9 Å². The molecule has 2 saturated heterocycles. The van der Waals surface area contributed by atoms with Crippen molar-refractivity contribution in [3.8, 4) is 0 Å². The Balaban J connectivity index is 1.48. The molecule has 0 radical (unpaired) electrons. The molecule has 1 aromatic rings. The number of carbonyl (C=O) groups excluding carboxylic acids is 3. The van der Waals surface area contributed by atoms with Crippen LogP contribution < -0.4 is 10.6 Å². The number of nitrogens with zero attached hydrogens (tertiary/aromatic N) is 4. The lowest BCUT2D eigenvalue weighted by molar-refractivity contribution is -0.135. The number of piperidine rings is 1. The summed E-state index contributed by atoms with van der Waals surface area (Å²) >= 11 is 1.57. The van der Waals surface area contributed by atoms with Crippen LogP contribution in [0.2, 0.25) is 0 Å². The van der Waals surface area contributed by atoms with Gasteiger partial charge in [-0.25, -0.2) is 4.79 Å². The Morgan fingerprint density at radius 2 is 2.00 bits per heavy atom. The molecule has 10 heteroatoms. The van der Waals surface area contributed by atoms with Crippen LogP contribution in [-0.2, 0) is 23.1 Å². The maximum Gasteiger partial charge on any atom is 0.322 e. The molecule has 25 heavy (non-hydrogen) atoms. The highest BCUT2D eigenvalue weighted by atomic mass is 32.2. The van der Waals surface area contributed by atoms with Crippen LogP contribution in [0.3, 0.4) is 0 Å². The smallest absolute Gasteiger partial charge is 0.322 e. The number of rotatable bonds is 5. The van der Waals surface area contributed by atoms with Crippen molar-refractivity contribution in [1.29, 1.82) is 0 Å². The number of likely N-dealkylation sites (tertiary alicyclic amines) is 1. The van der Waals surface area contributed by atoms with Crippen LogP contribution in [0.25, 0.3) is 0 Å². The van der Waals surface area contributed by atoms with Gasteiger partial charge < -0.3 is 14.8 Å². The monoisotopic (exact) mass is 366 g/mol. The molecule has 3 heterocycles. The third kappa shape index (κ3) is 3.94. The summed E-state index contributed by atoms with van der Waals surface area (Å²) in [5.41, 5.74) is 0. The molecule has 4 amide bonds. The molecule has 1 aromatic heterocycles. The Morgan fingerprint density at radius 1 is 1.28 bits per heavy atom. The first kappa shape index (κ1) is 17.7. The fourth-order valence-electron chi connectivity index (χ4n) is 3.25. The van der Waals surface area contributed by atoms with E-state index in [-0.39, 0.29) is 12.3 Å². The van der Waals surface area contributed by atoms with Gasteiger partial charge in [0.25, 0.3) is 5.91 Å². The number of hydrogen-bond acceptors (Lipinski definition) is 6. The molecule has 0 bridgehead atoms. The number of carbonyl (C=O) groups is 3. The number of amides is 4. The molecular formula is C15H22N6O3S. The van der Waals surface area contributed by atoms with E-state index in [4.69, 9.17) is 0 Å². The van der Waals surface area contributed by atoms with Crippen molar-refractivity contribution in [2.75, 3.05) is 19.3 Å². The lowest BCUT2D eigenvalue weighted by Crippen LogP contribution is -2.43. The molecule has 0 aliphatic carbocycles. The molecular weight excluding hydrogens is 344 g/mol. The van der Waals surface area contributed by atoms with Crippen LogP contribution in [0.4, 0.5) is 4.79 Å². The van der Waals surface area contributed by atoms with Crippen LogP contribution in [0.1, 0.15) is 25.1 Å². The predicted molar refractivity (Wildman–Crippen MR) is 90.9 cm³/mol. The highest BCUT2D eigenvalue weighted by Gasteiger charge is 2.33. The number of urea groups is 1. The third-order valence-corrected chi connectivity index (χ3v) is 5.50. The summed E-state index contributed by atoms with van der Waals surface area (Å²) in [5, 5.41) is 13.9. The average molecular weight is 366 g/mol. The summed E-state index contributed by atoms with van der Waals surface area (Å²) in [6.45, 7) is 1.33. The minimum absolute atomic E-state index is 0.0165. The Hall–Kier alpha value is -2.10. The van der Waals surface area contributed by atoms with Gasteiger partial charge >= 0.3 is 6.03 Å². The zero-order valence-electron chi connectivity index (χ0n) is 14.3. The van der Waals surface area contributed by atoms with E-state index < -0.39 is 18.0 Å². The maximum absolute atomic E-state index is 12.3. The standard InChI is InChI=1S/C15H22N6O3S/c1-20-11(18-19-15(20)25-2)7-9-3-5-21(6-4-9)12(22)8-10-13(23)17-14(24)16-10/h9-10H,3-8H2,1-2H3,(H2,16,17,23,24)/t10-/m1/s1. The van der Waals surface area contributed by atoms with Gasteiger partial charge in [0.1, 0.15) is 11.9 Å². The van der Waals surface area contributed by atoms with Crippen molar-refractivity contribution < 1.29 is 14.4 Å². The molecule has 1 atom stereocenters. The maximum atomic E-state index is 12.3. The first-order chi connectivity index (χ1) is 12.0. The molecule has 136 valence electrons. The summed E-state index contributed by atoms with van der Waals surface area (Å²) in [7, 11) is 1.97. The van der Waals surface area contributed by atoms with Crippen LogP contribution >= 0.6 is 11.8 Å². The lowest BCUT2D eigenvalue weighted by atomic mass is 9.93. The van der Waals surface area contributed by atoms with E-state index >= 15 is 0 Å². The normalized spacial score (nSPS) is 21.4. The second-order valence-electron chi connectivity index (χ2n) is 6.41. The fourth-order valence-corrected chi connectivity index (χ4v) is 3.75. The van der Waals surface area contributed by atoms with E-state index in [1.165, 1.54) is 0 Å².